The van der Waals surface area contributed by atoms with E-state index in [1.807, 2.05) is 0 Å². The van der Waals surface area contributed by atoms with Crippen molar-refractivity contribution in [3.8, 4) is 0 Å². The third-order valence-corrected chi connectivity index (χ3v) is 5.42. The fourth-order valence-electron chi connectivity index (χ4n) is 2.38. The van der Waals surface area contributed by atoms with E-state index in [2.05, 4.69) is 35.9 Å². The first-order chi connectivity index (χ1) is 9.81. The molecule has 120 valence electrons. The van der Waals surface area contributed by atoms with E-state index in [0.717, 1.165) is 19.4 Å². The van der Waals surface area contributed by atoms with Gasteiger partial charge >= 0.3 is 0 Å². The summed E-state index contributed by atoms with van der Waals surface area (Å²) in [6.07, 6.45) is 6.39. The first-order valence-corrected chi connectivity index (χ1v) is 9.05. The quantitative estimate of drug-likeness (QED) is 0.759. The molecule has 0 unspecified atom stereocenters. The van der Waals surface area contributed by atoms with Crippen molar-refractivity contribution in [1.82, 2.24) is 19.8 Å². The van der Waals surface area contributed by atoms with Crippen LogP contribution in [0.1, 0.15) is 40.0 Å². The number of nitrogens with one attached hydrogen (secondary N) is 2. The first-order valence-electron chi connectivity index (χ1n) is 7.56. The standard InChI is InChI=1S/C14H26N4O2S/c1-12(2)15-7-8-18-10-13(9-16-18)21(19,20)17-11-14(3)5-4-6-14/h9-10,12,15,17H,4-8,11H2,1-3H3. The highest BCUT2D eigenvalue weighted by Crippen LogP contribution is 2.39. The third kappa shape index (κ3) is 4.52. The van der Waals surface area contributed by atoms with Gasteiger partial charge in [-0.05, 0) is 18.3 Å². The molecule has 2 rings (SSSR count). The summed E-state index contributed by atoms with van der Waals surface area (Å²) >= 11 is 0. The van der Waals surface area contributed by atoms with Crippen LogP contribution >= 0.6 is 0 Å². The van der Waals surface area contributed by atoms with Gasteiger partial charge in [-0.2, -0.15) is 5.10 Å². The molecule has 0 spiro atoms. The van der Waals surface area contributed by atoms with Crippen LogP contribution in [0.5, 0.6) is 0 Å². The monoisotopic (exact) mass is 314 g/mol. The summed E-state index contributed by atoms with van der Waals surface area (Å²) in [5.74, 6) is 0. The molecule has 1 aliphatic rings. The molecule has 1 aromatic heterocycles. The molecule has 0 bridgehead atoms. The Morgan fingerprint density at radius 3 is 2.71 bits per heavy atom. The summed E-state index contributed by atoms with van der Waals surface area (Å²) in [5, 5.41) is 7.39. The maximum absolute atomic E-state index is 12.2. The Bertz CT molecular complexity index is 561. The van der Waals surface area contributed by atoms with Crippen molar-refractivity contribution in [2.75, 3.05) is 13.1 Å². The molecule has 2 N–H and O–H groups in total. The molecule has 1 fully saturated rings. The predicted molar refractivity (Wildman–Crippen MR) is 82.5 cm³/mol. The van der Waals surface area contributed by atoms with Crippen LogP contribution in [-0.2, 0) is 16.6 Å². The Hall–Kier alpha value is -0.920. The molecular formula is C14H26N4O2S. The molecule has 21 heavy (non-hydrogen) atoms. The van der Waals surface area contributed by atoms with E-state index in [-0.39, 0.29) is 10.3 Å². The van der Waals surface area contributed by atoms with Crippen molar-refractivity contribution in [1.29, 1.82) is 0 Å². The highest BCUT2D eigenvalue weighted by molar-refractivity contribution is 7.89. The number of nitrogens with zero attached hydrogens (tertiary/aromatic N) is 2. The predicted octanol–water partition coefficient (Wildman–Crippen LogP) is 1.35. The van der Waals surface area contributed by atoms with Gasteiger partial charge in [-0.3, -0.25) is 4.68 Å². The van der Waals surface area contributed by atoms with Gasteiger partial charge in [-0.1, -0.05) is 27.2 Å². The highest BCUT2D eigenvalue weighted by Gasteiger charge is 2.33. The van der Waals surface area contributed by atoms with Gasteiger partial charge in [0.1, 0.15) is 4.90 Å². The minimum Gasteiger partial charge on any atom is -0.313 e. The number of aromatic nitrogens is 2. The molecule has 7 heteroatoms. The lowest BCUT2D eigenvalue weighted by Crippen LogP contribution is -2.39. The number of hydrogen-bond donors (Lipinski definition) is 2. The summed E-state index contributed by atoms with van der Waals surface area (Å²) in [6.45, 7) is 8.21. The van der Waals surface area contributed by atoms with Crippen LogP contribution < -0.4 is 10.0 Å². The summed E-state index contributed by atoms with van der Waals surface area (Å²) in [4.78, 5) is 0.245. The highest BCUT2D eigenvalue weighted by atomic mass is 32.2. The molecule has 0 radical (unpaired) electrons. The van der Waals surface area contributed by atoms with Gasteiger partial charge in [0, 0.05) is 25.3 Å². The molecule has 1 aromatic rings. The largest absolute Gasteiger partial charge is 0.313 e. The van der Waals surface area contributed by atoms with Gasteiger partial charge in [-0.15, -0.1) is 0 Å². The molecule has 1 aliphatic carbocycles. The van der Waals surface area contributed by atoms with E-state index in [1.165, 1.54) is 12.6 Å². The normalized spacial score (nSPS) is 17.9. The van der Waals surface area contributed by atoms with Crippen LogP contribution in [0.4, 0.5) is 0 Å². The zero-order valence-corrected chi connectivity index (χ0v) is 13.9. The lowest BCUT2D eigenvalue weighted by atomic mass is 9.71. The maximum atomic E-state index is 12.2. The van der Waals surface area contributed by atoms with Crippen LogP contribution in [0.2, 0.25) is 0 Å². The van der Waals surface area contributed by atoms with E-state index in [1.54, 1.807) is 10.9 Å². The molecule has 0 saturated heterocycles. The number of hydrogen-bond acceptors (Lipinski definition) is 4. The van der Waals surface area contributed by atoms with Crippen molar-refractivity contribution in [2.24, 2.45) is 5.41 Å². The molecule has 0 aliphatic heterocycles. The summed E-state index contributed by atoms with van der Waals surface area (Å²) in [6, 6.07) is 0.411. The van der Waals surface area contributed by atoms with Gasteiger partial charge in [0.2, 0.25) is 10.0 Å². The minimum atomic E-state index is -3.44. The van der Waals surface area contributed by atoms with E-state index in [0.29, 0.717) is 19.1 Å². The molecule has 1 saturated carbocycles. The van der Waals surface area contributed by atoms with E-state index >= 15 is 0 Å². The van der Waals surface area contributed by atoms with E-state index in [4.69, 9.17) is 0 Å². The summed E-state index contributed by atoms with van der Waals surface area (Å²) in [5.41, 5.74) is 0.129. The second kappa shape index (κ2) is 6.46. The summed E-state index contributed by atoms with van der Waals surface area (Å²) in [7, 11) is -3.44. The molecule has 0 aromatic carbocycles. The lowest BCUT2D eigenvalue weighted by molar-refractivity contribution is 0.166. The third-order valence-electron chi connectivity index (χ3n) is 4.06. The number of rotatable bonds is 8. The fraction of sp³-hybridized carbons (Fsp3) is 0.786. The van der Waals surface area contributed by atoms with Crippen LogP contribution in [0.15, 0.2) is 17.3 Å². The van der Waals surface area contributed by atoms with Gasteiger partial charge in [0.15, 0.2) is 0 Å². The minimum absolute atomic E-state index is 0.129. The topological polar surface area (TPSA) is 76.0 Å². The van der Waals surface area contributed by atoms with E-state index in [9.17, 15) is 8.42 Å². The Labute approximate surface area is 127 Å². The maximum Gasteiger partial charge on any atom is 0.243 e. The lowest BCUT2D eigenvalue weighted by Gasteiger charge is -2.38. The van der Waals surface area contributed by atoms with Crippen molar-refractivity contribution < 1.29 is 8.42 Å². The zero-order valence-electron chi connectivity index (χ0n) is 13.1. The first kappa shape index (κ1) is 16.5. The van der Waals surface area contributed by atoms with Crippen molar-refractivity contribution >= 4 is 10.0 Å². The van der Waals surface area contributed by atoms with Crippen LogP contribution in [-0.4, -0.2) is 37.3 Å². The summed E-state index contributed by atoms with van der Waals surface area (Å²) < 4.78 is 28.8. The van der Waals surface area contributed by atoms with Gasteiger partial charge in [0.25, 0.3) is 0 Å². The van der Waals surface area contributed by atoms with Gasteiger partial charge in [-0.25, -0.2) is 13.1 Å². The van der Waals surface area contributed by atoms with Crippen molar-refractivity contribution in [3.63, 3.8) is 0 Å². The Morgan fingerprint density at radius 2 is 2.14 bits per heavy atom. The Kier molecular flexibility index (Phi) is 5.06. The molecule has 6 nitrogen and oxygen atoms in total. The smallest absolute Gasteiger partial charge is 0.243 e. The zero-order chi connectivity index (χ0) is 15.5. The average Bonchev–Trinajstić information content (AvgIpc) is 2.83. The molecule has 0 amide bonds. The van der Waals surface area contributed by atoms with Crippen LogP contribution in [0, 0.1) is 5.41 Å². The Balaban J connectivity index is 1.89. The van der Waals surface area contributed by atoms with Crippen LogP contribution in [0.3, 0.4) is 0 Å². The van der Waals surface area contributed by atoms with Crippen LogP contribution in [0.25, 0.3) is 0 Å². The average molecular weight is 314 g/mol. The van der Waals surface area contributed by atoms with Gasteiger partial charge in [0.05, 0.1) is 12.7 Å². The molecular weight excluding hydrogens is 288 g/mol. The van der Waals surface area contributed by atoms with Crippen molar-refractivity contribution in [3.05, 3.63) is 12.4 Å². The number of sulfonamides is 1. The molecule has 0 atom stereocenters. The van der Waals surface area contributed by atoms with Gasteiger partial charge < -0.3 is 5.32 Å². The Morgan fingerprint density at radius 1 is 1.43 bits per heavy atom. The van der Waals surface area contributed by atoms with Crippen molar-refractivity contribution in [2.45, 2.75) is 57.5 Å². The van der Waals surface area contributed by atoms with E-state index < -0.39 is 10.0 Å². The molecule has 1 heterocycles. The second-order valence-electron chi connectivity index (χ2n) is 6.54. The second-order valence-corrected chi connectivity index (χ2v) is 8.30. The SMILES string of the molecule is CC(C)NCCn1cc(S(=O)(=O)NCC2(C)CCC2)cn1. The fourth-order valence-corrected chi connectivity index (χ4v) is 3.53.